The summed E-state index contributed by atoms with van der Waals surface area (Å²) in [4.78, 5) is 2.37. The van der Waals surface area contributed by atoms with Gasteiger partial charge in [-0.05, 0) is 50.9 Å². The average molecular weight is 294 g/mol. The molecule has 2 rings (SSSR count). The number of β-amino-alcohol motifs (C(OH)–C–C–N with tert-alkyl or cyclic N) is 1. The molecule has 0 spiro atoms. The van der Waals surface area contributed by atoms with Crippen molar-refractivity contribution in [1.82, 2.24) is 10.2 Å². The van der Waals surface area contributed by atoms with Crippen LogP contribution in [-0.4, -0.2) is 42.3 Å². The van der Waals surface area contributed by atoms with Crippen molar-refractivity contribution in [1.29, 1.82) is 0 Å². The van der Waals surface area contributed by atoms with E-state index < -0.39 is 0 Å². The average Bonchev–Trinajstić information content (AvgIpc) is 2.96. The summed E-state index contributed by atoms with van der Waals surface area (Å²) in [5, 5.41) is 13.5. The van der Waals surface area contributed by atoms with E-state index in [0.717, 1.165) is 43.5 Å². The van der Waals surface area contributed by atoms with Crippen molar-refractivity contribution in [3.8, 4) is 0 Å². The third-order valence-electron chi connectivity index (χ3n) is 4.46. The van der Waals surface area contributed by atoms with Crippen LogP contribution in [0.3, 0.4) is 0 Å². The predicted molar refractivity (Wildman–Crippen MR) is 85.3 cm³/mol. The van der Waals surface area contributed by atoms with Crippen LogP contribution in [0.5, 0.6) is 0 Å². The molecule has 1 aliphatic rings. The van der Waals surface area contributed by atoms with E-state index in [1.807, 2.05) is 12.1 Å². The fraction of sp³-hybridized carbons (Fsp3) is 0.765. The fourth-order valence-corrected chi connectivity index (χ4v) is 2.84. The van der Waals surface area contributed by atoms with Gasteiger partial charge in [-0.15, -0.1) is 0 Å². The van der Waals surface area contributed by atoms with Gasteiger partial charge < -0.3 is 19.7 Å². The molecule has 0 amide bonds. The van der Waals surface area contributed by atoms with E-state index in [1.54, 1.807) is 0 Å². The molecule has 2 heterocycles. The van der Waals surface area contributed by atoms with Gasteiger partial charge in [-0.25, -0.2) is 0 Å². The monoisotopic (exact) mass is 294 g/mol. The van der Waals surface area contributed by atoms with E-state index in [2.05, 4.69) is 31.0 Å². The van der Waals surface area contributed by atoms with Gasteiger partial charge in [-0.3, -0.25) is 0 Å². The maximum atomic E-state index is 10.2. The summed E-state index contributed by atoms with van der Waals surface area (Å²) in [5.41, 5.74) is 0. The molecule has 1 aromatic rings. The zero-order valence-electron chi connectivity index (χ0n) is 13.6. The van der Waals surface area contributed by atoms with Crippen molar-refractivity contribution in [2.45, 2.75) is 52.2 Å². The van der Waals surface area contributed by atoms with E-state index in [9.17, 15) is 5.11 Å². The van der Waals surface area contributed by atoms with Crippen LogP contribution in [0.2, 0.25) is 0 Å². The zero-order valence-corrected chi connectivity index (χ0v) is 13.6. The predicted octanol–water partition coefficient (Wildman–Crippen LogP) is 2.59. The lowest BCUT2D eigenvalue weighted by Crippen LogP contribution is -2.42. The smallest absolute Gasteiger partial charge is 0.120 e. The molecule has 0 bridgehead atoms. The van der Waals surface area contributed by atoms with Crippen molar-refractivity contribution >= 4 is 0 Å². The fourth-order valence-electron chi connectivity index (χ4n) is 2.84. The van der Waals surface area contributed by atoms with Gasteiger partial charge in [0.25, 0.3) is 0 Å². The molecule has 0 aliphatic carbocycles. The van der Waals surface area contributed by atoms with Crippen LogP contribution in [0, 0.1) is 5.92 Å². The number of aryl methyl sites for hydroxylation is 1. The lowest BCUT2D eigenvalue weighted by Gasteiger charge is -2.31. The Balaban J connectivity index is 1.69. The first-order chi connectivity index (χ1) is 10.1. The number of hydrogen-bond donors (Lipinski definition) is 2. The molecule has 2 unspecified atom stereocenters. The summed E-state index contributed by atoms with van der Waals surface area (Å²) >= 11 is 0. The van der Waals surface area contributed by atoms with E-state index in [1.165, 1.54) is 12.8 Å². The first kappa shape index (κ1) is 16.5. The molecule has 0 radical (unpaired) electrons. The largest absolute Gasteiger partial charge is 0.464 e. The van der Waals surface area contributed by atoms with Gasteiger partial charge >= 0.3 is 0 Å². The molecular weight excluding hydrogens is 264 g/mol. The van der Waals surface area contributed by atoms with Crippen LogP contribution in [-0.2, 0) is 6.42 Å². The zero-order chi connectivity index (χ0) is 15.2. The Labute approximate surface area is 128 Å². The topological polar surface area (TPSA) is 48.6 Å². The summed E-state index contributed by atoms with van der Waals surface area (Å²) in [6.45, 7) is 10.1. The molecule has 1 aliphatic heterocycles. The van der Waals surface area contributed by atoms with Crippen LogP contribution < -0.4 is 5.32 Å². The van der Waals surface area contributed by atoms with Crippen molar-refractivity contribution in [3.63, 3.8) is 0 Å². The number of likely N-dealkylation sites (tertiary alicyclic amines) is 1. The number of aliphatic hydroxyl groups is 1. The van der Waals surface area contributed by atoms with Crippen molar-refractivity contribution < 1.29 is 9.52 Å². The highest BCUT2D eigenvalue weighted by atomic mass is 16.3. The normalized spacial score (nSPS) is 20.6. The summed E-state index contributed by atoms with van der Waals surface area (Å²) in [7, 11) is 0. The van der Waals surface area contributed by atoms with Crippen LogP contribution >= 0.6 is 0 Å². The Morgan fingerprint density at radius 2 is 2.10 bits per heavy atom. The van der Waals surface area contributed by atoms with Gasteiger partial charge in [0, 0.05) is 19.5 Å². The second-order valence-corrected chi connectivity index (χ2v) is 6.42. The van der Waals surface area contributed by atoms with Gasteiger partial charge in [0.2, 0.25) is 0 Å². The maximum Gasteiger partial charge on any atom is 0.120 e. The lowest BCUT2D eigenvalue weighted by atomic mass is 9.99. The number of rotatable bonds is 7. The van der Waals surface area contributed by atoms with Crippen LogP contribution in [0.1, 0.15) is 51.2 Å². The highest BCUT2D eigenvalue weighted by molar-refractivity contribution is 5.10. The highest BCUT2D eigenvalue weighted by Crippen LogP contribution is 2.17. The van der Waals surface area contributed by atoms with Gasteiger partial charge in [-0.2, -0.15) is 0 Å². The molecule has 0 saturated carbocycles. The number of nitrogens with one attached hydrogen (secondary N) is 1. The molecule has 4 heteroatoms. The SMILES string of the molecule is CCc1ccc(C(C)NCC(O)CN2CCC(C)CC2)o1. The van der Waals surface area contributed by atoms with Crippen LogP contribution in [0.15, 0.2) is 16.5 Å². The van der Waals surface area contributed by atoms with Gasteiger partial charge in [0.05, 0.1) is 12.1 Å². The molecule has 2 N–H and O–H groups in total. The number of piperidine rings is 1. The Morgan fingerprint density at radius 3 is 2.71 bits per heavy atom. The maximum absolute atomic E-state index is 10.2. The Morgan fingerprint density at radius 1 is 1.38 bits per heavy atom. The summed E-state index contributed by atoms with van der Waals surface area (Å²) < 4.78 is 5.73. The summed E-state index contributed by atoms with van der Waals surface area (Å²) in [5.74, 6) is 2.80. The lowest BCUT2D eigenvalue weighted by molar-refractivity contribution is 0.0886. The standard InChI is InChI=1S/C17H30N2O2/c1-4-16-5-6-17(21-16)14(3)18-11-15(20)12-19-9-7-13(2)8-10-19/h5-6,13-15,18,20H,4,7-12H2,1-3H3. The number of hydrogen-bond acceptors (Lipinski definition) is 4. The molecule has 21 heavy (non-hydrogen) atoms. The molecular formula is C17H30N2O2. The molecule has 1 aromatic heterocycles. The number of furan rings is 1. The number of aliphatic hydroxyl groups excluding tert-OH is 1. The first-order valence-corrected chi connectivity index (χ1v) is 8.31. The van der Waals surface area contributed by atoms with Gasteiger partial charge in [-0.1, -0.05) is 13.8 Å². The molecule has 120 valence electrons. The Kier molecular flexibility index (Phi) is 6.27. The summed E-state index contributed by atoms with van der Waals surface area (Å²) in [6.07, 6.45) is 3.11. The third-order valence-corrected chi connectivity index (χ3v) is 4.46. The second kappa shape index (κ2) is 7.97. The molecule has 1 saturated heterocycles. The van der Waals surface area contributed by atoms with Crippen molar-refractivity contribution in [2.75, 3.05) is 26.2 Å². The second-order valence-electron chi connectivity index (χ2n) is 6.42. The molecule has 0 aromatic carbocycles. The first-order valence-electron chi connectivity index (χ1n) is 8.31. The molecule has 4 nitrogen and oxygen atoms in total. The van der Waals surface area contributed by atoms with Gasteiger partial charge in [0.1, 0.15) is 11.5 Å². The van der Waals surface area contributed by atoms with E-state index >= 15 is 0 Å². The van der Waals surface area contributed by atoms with Gasteiger partial charge in [0.15, 0.2) is 0 Å². The minimum absolute atomic E-state index is 0.140. The van der Waals surface area contributed by atoms with E-state index in [4.69, 9.17) is 4.42 Å². The third kappa shape index (κ3) is 5.13. The van der Waals surface area contributed by atoms with E-state index in [-0.39, 0.29) is 12.1 Å². The van der Waals surface area contributed by atoms with Crippen molar-refractivity contribution in [3.05, 3.63) is 23.7 Å². The van der Waals surface area contributed by atoms with Crippen LogP contribution in [0.4, 0.5) is 0 Å². The quantitative estimate of drug-likeness (QED) is 0.811. The minimum Gasteiger partial charge on any atom is -0.464 e. The minimum atomic E-state index is -0.318. The summed E-state index contributed by atoms with van der Waals surface area (Å²) in [6, 6.07) is 4.19. The van der Waals surface area contributed by atoms with Crippen molar-refractivity contribution in [2.24, 2.45) is 5.92 Å². The van der Waals surface area contributed by atoms with E-state index in [0.29, 0.717) is 6.54 Å². The van der Waals surface area contributed by atoms with Crippen LogP contribution in [0.25, 0.3) is 0 Å². The Hall–Kier alpha value is -0.840. The Bertz CT molecular complexity index is 411. The molecule has 2 atom stereocenters. The highest BCUT2D eigenvalue weighted by Gasteiger charge is 2.19. The number of nitrogens with zero attached hydrogens (tertiary/aromatic N) is 1. The molecule has 1 fully saturated rings.